The first kappa shape index (κ1) is 16.0. The number of carbonyl (C=O) groups excluding carboxylic acids is 1. The highest BCUT2D eigenvalue weighted by atomic mass is 16.5. The molecule has 3 rings (SSSR count). The minimum atomic E-state index is -0.161. The zero-order chi connectivity index (χ0) is 16.9. The molecule has 2 aromatic rings. The van der Waals surface area contributed by atoms with Crippen LogP contribution in [0.1, 0.15) is 12.8 Å². The highest BCUT2D eigenvalue weighted by Crippen LogP contribution is 2.33. The van der Waals surface area contributed by atoms with Crippen LogP contribution in [0.2, 0.25) is 0 Å². The summed E-state index contributed by atoms with van der Waals surface area (Å²) in [5.74, 6) is 1.24. The predicted molar refractivity (Wildman–Crippen MR) is 87.7 cm³/mol. The van der Waals surface area contributed by atoms with E-state index in [0.29, 0.717) is 49.1 Å². The number of rotatable bonds is 4. The van der Waals surface area contributed by atoms with Crippen LogP contribution in [0.5, 0.6) is 11.6 Å². The van der Waals surface area contributed by atoms with Crippen LogP contribution in [0.15, 0.2) is 30.9 Å². The van der Waals surface area contributed by atoms with Crippen LogP contribution < -0.4 is 15.4 Å². The molecule has 2 aromatic heterocycles. The SMILES string of the molecule is COC(=O)C1CCN(c2ncnc(Oc3cccnc3)c2N)CC1. The molecule has 0 aromatic carbocycles. The number of pyridine rings is 1. The molecule has 0 unspecified atom stereocenters. The van der Waals surface area contributed by atoms with Crippen LogP contribution in [-0.2, 0) is 9.53 Å². The summed E-state index contributed by atoms with van der Waals surface area (Å²) in [7, 11) is 1.42. The van der Waals surface area contributed by atoms with E-state index in [0.717, 1.165) is 0 Å². The van der Waals surface area contributed by atoms with Crippen molar-refractivity contribution >= 4 is 17.5 Å². The van der Waals surface area contributed by atoms with Crippen LogP contribution >= 0.6 is 0 Å². The summed E-state index contributed by atoms with van der Waals surface area (Å²) in [5, 5.41) is 0. The molecule has 0 saturated carbocycles. The molecule has 0 atom stereocenters. The van der Waals surface area contributed by atoms with Gasteiger partial charge >= 0.3 is 5.97 Å². The number of aromatic nitrogens is 3. The van der Waals surface area contributed by atoms with Gasteiger partial charge in [-0.3, -0.25) is 9.78 Å². The van der Waals surface area contributed by atoms with Gasteiger partial charge in [0.25, 0.3) is 0 Å². The van der Waals surface area contributed by atoms with Crippen molar-refractivity contribution in [3.05, 3.63) is 30.9 Å². The fourth-order valence-corrected chi connectivity index (χ4v) is 2.72. The van der Waals surface area contributed by atoms with Gasteiger partial charge in [-0.05, 0) is 25.0 Å². The molecule has 2 N–H and O–H groups in total. The third-order valence-electron chi connectivity index (χ3n) is 4.00. The minimum Gasteiger partial charge on any atom is -0.469 e. The highest BCUT2D eigenvalue weighted by Gasteiger charge is 2.27. The molecule has 1 saturated heterocycles. The van der Waals surface area contributed by atoms with Crippen molar-refractivity contribution in [1.29, 1.82) is 0 Å². The van der Waals surface area contributed by atoms with E-state index in [1.54, 1.807) is 24.5 Å². The average molecular weight is 329 g/mol. The maximum atomic E-state index is 11.6. The fraction of sp³-hybridized carbons (Fsp3) is 0.375. The van der Waals surface area contributed by atoms with E-state index in [1.165, 1.54) is 13.4 Å². The van der Waals surface area contributed by atoms with Crippen molar-refractivity contribution in [3.8, 4) is 11.6 Å². The lowest BCUT2D eigenvalue weighted by molar-refractivity contribution is -0.146. The Morgan fingerprint density at radius 3 is 2.79 bits per heavy atom. The summed E-state index contributed by atoms with van der Waals surface area (Å²) >= 11 is 0. The Hall–Kier alpha value is -2.90. The van der Waals surface area contributed by atoms with E-state index >= 15 is 0 Å². The zero-order valence-corrected chi connectivity index (χ0v) is 13.4. The minimum absolute atomic E-state index is 0.0691. The maximum absolute atomic E-state index is 11.6. The van der Waals surface area contributed by atoms with Gasteiger partial charge in [-0.1, -0.05) is 0 Å². The zero-order valence-electron chi connectivity index (χ0n) is 13.4. The lowest BCUT2D eigenvalue weighted by Crippen LogP contribution is -2.37. The first-order valence-corrected chi connectivity index (χ1v) is 7.70. The summed E-state index contributed by atoms with van der Waals surface area (Å²) in [6.45, 7) is 1.35. The predicted octanol–water partition coefficient (Wildman–Crippen LogP) is 1.64. The lowest BCUT2D eigenvalue weighted by atomic mass is 9.97. The van der Waals surface area contributed by atoms with Gasteiger partial charge < -0.3 is 20.1 Å². The Kier molecular flexibility index (Phi) is 4.74. The second-order valence-electron chi connectivity index (χ2n) is 5.49. The number of anilines is 2. The molecule has 8 nitrogen and oxygen atoms in total. The number of methoxy groups -OCH3 is 1. The summed E-state index contributed by atoms with van der Waals surface area (Å²) in [6, 6.07) is 3.54. The normalized spacial score (nSPS) is 15.1. The van der Waals surface area contributed by atoms with Gasteiger partial charge in [0.05, 0.1) is 19.2 Å². The van der Waals surface area contributed by atoms with Crippen molar-refractivity contribution in [3.63, 3.8) is 0 Å². The van der Waals surface area contributed by atoms with Crippen molar-refractivity contribution in [2.75, 3.05) is 30.8 Å². The van der Waals surface area contributed by atoms with Gasteiger partial charge in [0, 0.05) is 19.3 Å². The van der Waals surface area contributed by atoms with E-state index < -0.39 is 0 Å². The number of hydrogen-bond acceptors (Lipinski definition) is 8. The smallest absolute Gasteiger partial charge is 0.308 e. The molecule has 0 radical (unpaired) electrons. The van der Waals surface area contributed by atoms with E-state index in [9.17, 15) is 4.79 Å². The van der Waals surface area contributed by atoms with Crippen molar-refractivity contribution in [2.24, 2.45) is 5.92 Å². The molecule has 1 aliphatic heterocycles. The quantitative estimate of drug-likeness (QED) is 0.844. The molecule has 1 fully saturated rings. The molecule has 0 amide bonds. The Morgan fingerprint density at radius 2 is 2.12 bits per heavy atom. The number of nitrogens with zero attached hydrogens (tertiary/aromatic N) is 4. The maximum Gasteiger partial charge on any atom is 0.308 e. The van der Waals surface area contributed by atoms with Gasteiger partial charge in [0.15, 0.2) is 5.82 Å². The number of piperidine rings is 1. The van der Waals surface area contributed by atoms with Crippen LogP contribution in [0.25, 0.3) is 0 Å². The van der Waals surface area contributed by atoms with Crippen molar-refractivity contribution in [1.82, 2.24) is 15.0 Å². The second kappa shape index (κ2) is 7.12. The van der Waals surface area contributed by atoms with Crippen LogP contribution in [0.4, 0.5) is 11.5 Å². The number of hydrogen-bond donors (Lipinski definition) is 1. The molecule has 0 bridgehead atoms. The molecule has 1 aliphatic rings. The van der Waals surface area contributed by atoms with Crippen LogP contribution in [0, 0.1) is 5.92 Å². The number of ether oxygens (including phenoxy) is 2. The van der Waals surface area contributed by atoms with Gasteiger partial charge in [-0.2, -0.15) is 4.98 Å². The monoisotopic (exact) mass is 329 g/mol. The van der Waals surface area contributed by atoms with E-state index in [-0.39, 0.29) is 11.9 Å². The largest absolute Gasteiger partial charge is 0.469 e. The molecule has 0 spiro atoms. The first-order chi connectivity index (χ1) is 11.7. The van der Waals surface area contributed by atoms with E-state index in [2.05, 4.69) is 15.0 Å². The van der Waals surface area contributed by atoms with Gasteiger partial charge in [0.1, 0.15) is 17.8 Å². The van der Waals surface area contributed by atoms with Crippen LogP contribution in [0.3, 0.4) is 0 Å². The molecule has 24 heavy (non-hydrogen) atoms. The average Bonchev–Trinajstić information content (AvgIpc) is 2.64. The highest BCUT2D eigenvalue weighted by molar-refractivity contribution is 5.73. The van der Waals surface area contributed by atoms with E-state index in [1.807, 2.05) is 4.90 Å². The number of esters is 1. The Morgan fingerprint density at radius 1 is 1.33 bits per heavy atom. The molecular weight excluding hydrogens is 310 g/mol. The topological polar surface area (TPSA) is 103 Å². The number of nitrogen functional groups attached to an aromatic ring is 1. The molecule has 126 valence electrons. The number of nitrogens with two attached hydrogens (primary N) is 1. The molecule has 8 heteroatoms. The summed E-state index contributed by atoms with van der Waals surface area (Å²) < 4.78 is 10.5. The van der Waals surface area contributed by atoms with Crippen LogP contribution in [-0.4, -0.2) is 41.1 Å². The van der Waals surface area contributed by atoms with Crippen molar-refractivity contribution in [2.45, 2.75) is 12.8 Å². The Balaban J connectivity index is 1.73. The standard InChI is InChI=1S/C16H19N5O3/c1-23-16(22)11-4-7-21(8-5-11)14-13(17)15(20-10-19-14)24-12-3-2-6-18-9-12/h2-3,6,9-11H,4-5,7-8,17H2,1H3. The summed E-state index contributed by atoms with van der Waals surface area (Å²) in [5.41, 5.74) is 6.55. The Labute approximate surface area is 139 Å². The van der Waals surface area contributed by atoms with Crippen molar-refractivity contribution < 1.29 is 14.3 Å². The van der Waals surface area contributed by atoms with Gasteiger partial charge in [0.2, 0.25) is 5.88 Å². The van der Waals surface area contributed by atoms with Gasteiger partial charge in [-0.25, -0.2) is 4.98 Å². The lowest BCUT2D eigenvalue weighted by Gasteiger charge is -2.32. The molecular formula is C16H19N5O3. The summed E-state index contributed by atoms with van der Waals surface area (Å²) in [6.07, 6.45) is 6.07. The fourth-order valence-electron chi connectivity index (χ4n) is 2.72. The molecule has 3 heterocycles. The van der Waals surface area contributed by atoms with E-state index in [4.69, 9.17) is 15.2 Å². The number of carbonyl (C=O) groups is 1. The molecule has 0 aliphatic carbocycles. The van der Waals surface area contributed by atoms with Gasteiger partial charge in [-0.15, -0.1) is 0 Å². The third-order valence-corrected chi connectivity index (χ3v) is 4.00. The third kappa shape index (κ3) is 3.37. The first-order valence-electron chi connectivity index (χ1n) is 7.70. The second-order valence-corrected chi connectivity index (χ2v) is 5.49. The summed E-state index contributed by atoms with van der Waals surface area (Å²) in [4.78, 5) is 26.0. The Bertz CT molecular complexity index is 702.